The van der Waals surface area contributed by atoms with Gasteiger partial charge >= 0.3 is 0 Å². The summed E-state index contributed by atoms with van der Waals surface area (Å²) in [5.74, 6) is 1.24. The molecular formula is C16H21FN4. The number of halogens is 1. The smallest absolute Gasteiger partial charge is 0.224 e. The number of benzene rings is 1. The SMILES string of the molecule is CCCNc1nc(C)cc(N(C)Cc2cccc(F)c2)n1. The number of hydrogen-bond acceptors (Lipinski definition) is 4. The molecule has 1 heterocycles. The highest BCUT2D eigenvalue weighted by Gasteiger charge is 2.08. The minimum atomic E-state index is -0.218. The Balaban J connectivity index is 2.14. The van der Waals surface area contributed by atoms with Crippen LogP contribution in [-0.4, -0.2) is 23.6 Å². The van der Waals surface area contributed by atoms with Crippen molar-refractivity contribution in [3.05, 3.63) is 47.4 Å². The van der Waals surface area contributed by atoms with Crippen molar-refractivity contribution in [2.24, 2.45) is 0 Å². The molecule has 2 aromatic rings. The van der Waals surface area contributed by atoms with Crippen LogP contribution < -0.4 is 10.2 Å². The van der Waals surface area contributed by atoms with E-state index < -0.39 is 0 Å². The first-order valence-electron chi connectivity index (χ1n) is 7.13. The lowest BCUT2D eigenvalue weighted by molar-refractivity contribution is 0.625. The average molecular weight is 288 g/mol. The van der Waals surface area contributed by atoms with E-state index in [0.29, 0.717) is 12.5 Å². The summed E-state index contributed by atoms with van der Waals surface area (Å²) in [4.78, 5) is 10.9. The van der Waals surface area contributed by atoms with Crippen molar-refractivity contribution >= 4 is 11.8 Å². The largest absolute Gasteiger partial charge is 0.355 e. The van der Waals surface area contributed by atoms with Gasteiger partial charge in [0.25, 0.3) is 0 Å². The number of aromatic nitrogens is 2. The molecule has 0 radical (unpaired) electrons. The summed E-state index contributed by atoms with van der Waals surface area (Å²) in [5, 5.41) is 3.19. The summed E-state index contributed by atoms with van der Waals surface area (Å²) < 4.78 is 13.2. The molecule has 0 saturated heterocycles. The lowest BCUT2D eigenvalue weighted by Gasteiger charge is -2.19. The van der Waals surface area contributed by atoms with E-state index in [4.69, 9.17) is 0 Å². The van der Waals surface area contributed by atoms with Crippen LogP contribution in [0.2, 0.25) is 0 Å². The zero-order valence-corrected chi connectivity index (χ0v) is 12.7. The van der Waals surface area contributed by atoms with Gasteiger partial charge < -0.3 is 10.2 Å². The molecule has 0 amide bonds. The normalized spacial score (nSPS) is 10.5. The Morgan fingerprint density at radius 1 is 1.24 bits per heavy atom. The molecule has 4 nitrogen and oxygen atoms in total. The van der Waals surface area contributed by atoms with Gasteiger partial charge in [0.2, 0.25) is 5.95 Å². The number of aryl methyl sites for hydroxylation is 1. The Morgan fingerprint density at radius 3 is 2.76 bits per heavy atom. The number of rotatable bonds is 6. The van der Waals surface area contributed by atoms with Gasteiger partial charge in [0.1, 0.15) is 11.6 Å². The molecule has 0 aliphatic rings. The van der Waals surface area contributed by atoms with Gasteiger partial charge in [-0.05, 0) is 31.0 Å². The van der Waals surface area contributed by atoms with Gasteiger partial charge in [-0.3, -0.25) is 0 Å². The molecule has 5 heteroatoms. The third-order valence-corrected chi connectivity index (χ3v) is 3.07. The molecule has 0 unspecified atom stereocenters. The van der Waals surface area contributed by atoms with Crippen LogP contribution in [0.1, 0.15) is 24.6 Å². The van der Waals surface area contributed by atoms with Crippen molar-refractivity contribution in [2.45, 2.75) is 26.8 Å². The second kappa shape index (κ2) is 7.02. The van der Waals surface area contributed by atoms with Crippen molar-refractivity contribution in [1.29, 1.82) is 0 Å². The Labute approximate surface area is 125 Å². The molecule has 112 valence electrons. The van der Waals surface area contributed by atoms with Crippen LogP contribution in [0.5, 0.6) is 0 Å². The topological polar surface area (TPSA) is 41.1 Å². The summed E-state index contributed by atoms with van der Waals surface area (Å²) in [6.07, 6.45) is 1.02. The summed E-state index contributed by atoms with van der Waals surface area (Å²) in [6.45, 7) is 5.48. The van der Waals surface area contributed by atoms with Gasteiger partial charge in [-0.25, -0.2) is 9.37 Å². The van der Waals surface area contributed by atoms with Crippen molar-refractivity contribution in [2.75, 3.05) is 23.8 Å². The molecule has 1 N–H and O–H groups in total. The van der Waals surface area contributed by atoms with E-state index in [2.05, 4.69) is 22.2 Å². The summed E-state index contributed by atoms with van der Waals surface area (Å²) in [7, 11) is 1.94. The third kappa shape index (κ3) is 4.41. The van der Waals surface area contributed by atoms with E-state index in [1.807, 2.05) is 31.0 Å². The first-order chi connectivity index (χ1) is 10.1. The van der Waals surface area contributed by atoms with E-state index in [0.717, 1.165) is 30.0 Å². The molecule has 0 saturated carbocycles. The predicted molar refractivity (Wildman–Crippen MR) is 84.1 cm³/mol. The number of nitrogens with zero attached hydrogens (tertiary/aromatic N) is 3. The second-order valence-corrected chi connectivity index (χ2v) is 5.10. The maximum atomic E-state index is 13.2. The number of anilines is 2. The van der Waals surface area contributed by atoms with E-state index in [9.17, 15) is 4.39 Å². The van der Waals surface area contributed by atoms with Crippen LogP contribution in [0.4, 0.5) is 16.2 Å². The minimum absolute atomic E-state index is 0.218. The van der Waals surface area contributed by atoms with Crippen molar-refractivity contribution in [3.63, 3.8) is 0 Å². The Morgan fingerprint density at radius 2 is 2.05 bits per heavy atom. The van der Waals surface area contributed by atoms with Gasteiger partial charge in [-0.15, -0.1) is 0 Å². The van der Waals surface area contributed by atoms with Gasteiger partial charge in [-0.2, -0.15) is 4.98 Å². The lowest BCUT2D eigenvalue weighted by Crippen LogP contribution is -2.19. The molecule has 1 aromatic heterocycles. The first kappa shape index (κ1) is 15.2. The fraction of sp³-hybridized carbons (Fsp3) is 0.375. The van der Waals surface area contributed by atoms with Crippen LogP contribution in [-0.2, 0) is 6.54 Å². The highest BCUT2D eigenvalue weighted by Crippen LogP contribution is 2.16. The van der Waals surface area contributed by atoms with Gasteiger partial charge in [0.15, 0.2) is 0 Å². The molecule has 0 fully saturated rings. The standard InChI is InChI=1S/C16H21FN4/c1-4-8-18-16-19-12(2)9-15(20-16)21(3)11-13-6-5-7-14(17)10-13/h5-7,9-10H,4,8,11H2,1-3H3,(H,18,19,20). The lowest BCUT2D eigenvalue weighted by atomic mass is 10.2. The molecule has 0 atom stereocenters. The summed E-state index contributed by atoms with van der Waals surface area (Å²) in [5.41, 5.74) is 1.82. The summed E-state index contributed by atoms with van der Waals surface area (Å²) in [6, 6.07) is 8.55. The maximum absolute atomic E-state index is 13.2. The zero-order valence-electron chi connectivity index (χ0n) is 12.7. The van der Waals surface area contributed by atoms with E-state index in [1.165, 1.54) is 6.07 Å². The molecule has 1 aromatic carbocycles. The maximum Gasteiger partial charge on any atom is 0.224 e. The fourth-order valence-corrected chi connectivity index (χ4v) is 2.05. The van der Waals surface area contributed by atoms with Gasteiger partial charge in [0.05, 0.1) is 0 Å². The molecular weight excluding hydrogens is 267 g/mol. The van der Waals surface area contributed by atoms with Crippen LogP contribution in [0, 0.1) is 12.7 Å². The third-order valence-electron chi connectivity index (χ3n) is 3.07. The number of hydrogen-bond donors (Lipinski definition) is 1. The highest BCUT2D eigenvalue weighted by molar-refractivity contribution is 5.44. The average Bonchev–Trinajstić information content (AvgIpc) is 2.44. The summed E-state index contributed by atoms with van der Waals surface area (Å²) >= 11 is 0. The molecule has 2 rings (SSSR count). The van der Waals surface area contributed by atoms with Gasteiger partial charge in [0, 0.05) is 31.9 Å². The quantitative estimate of drug-likeness (QED) is 0.884. The van der Waals surface area contributed by atoms with Crippen molar-refractivity contribution in [3.8, 4) is 0 Å². The van der Waals surface area contributed by atoms with Crippen molar-refractivity contribution in [1.82, 2.24) is 9.97 Å². The Kier molecular flexibility index (Phi) is 5.09. The molecule has 21 heavy (non-hydrogen) atoms. The highest BCUT2D eigenvalue weighted by atomic mass is 19.1. The number of nitrogens with one attached hydrogen (secondary N) is 1. The predicted octanol–water partition coefficient (Wildman–Crippen LogP) is 3.38. The van der Waals surface area contributed by atoms with Crippen LogP contribution in [0.25, 0.3) is 0 Å². The van der Waals surface area contributed by atoms with E-state index >= 15 is 0 Å². The molecule has 0 spiro atoms. The first-order valence-corrected chi connectivity index (χ1v) is 7.13. The Bertz CT molecular complexity index is 601. The minimum Gasteiger partial charge on any atom is -0.355 e. The van der Waals surface area contributed by atoms with Crippen molar-refractivity contribution < 1.29 is 4.39 Å². The van der Waals surface area contributed by atoms with Gasteiger partial charge in [-0.1, -0.05) is 19.1 Å². The zero-order chi connectivity index (χ0) is 15.2. The van der Waals surface area contributed by atoms with Crippen LogP contribution in [0.3, 0.4) is 0 Å². The van der Waals surface area contributed by atoms with E-state index in [1.54, 1.807) is 12.1 Å². The molecule has 0 bridgehead atoms. The fourth-order valence-electron chi connectivity index (χ4n) is 2.05. The van der Waals surface area contributed by atoms with Crippen LogP contribution in [0.15, 0.2) is 30.3 Å². The molecule has 0 aliphatic carbocycles. The van der Waals surface area contributed by atoms with E-state index in [-0.39, 0.29) is 5.82 Å². The Hall–Kier alpha value is -2.17. The second-order valence-electron chi connectivity index (χ2n) is 5.10. The van der Waals surface area contributed by atoms with Crippen LogP contribution >= 0.6 is 0 Å². The monoisotopic (exact) mass is 288 g/mol. The molecule has 0 aliphatic heterocycles.